The van der Waals surface area contributed by atoms with Gasteiger partial charge in [0.2, 0.25) is 10.0 Å². The zero-order valence-corrected chi connectivity index (χ0v) is 9.98. The summed E-state index contributed by atoms with van der Waals surface area (Å²) in [7, 11) is -1.96. The molecular formula is C10H13N3O2S. The van der Waals surface area contributed by atoms with Crippen LogP contribution in [0.25, 0.3) is 0 Å². The van der Waals surface area contributed by atoms with Crippen LogP contribution in [-0.2, 0) is 10.0 Å². The van der Waals surface area contributed by atoms with Gasteiger partial charge in [-0.3, -0.25) is 4.98 Å². The normalized spacial score (nSPS) is 13.4. The van der Waals surface area contributed by atoms with Crippen molar-refractivity contribution in [2.24, 2.45) is 0 Å². The molecule has 0 saturated carbocycles. The van der Waals surface area contributed by atoms with E-state index in [1.54, 1.807) is 19.1 Å². The fraction of sp³-hybridized carbons (Fsp3) is 0.400. The van der Waals surface area contributed by atoms with Crippen LogP contribution in [0.2, 0.25) is 0 Å². The molecule has 1 aromatic rings. The van der Waals surface area contributed by atoms with Crippen molar-refractivity contribution >= 4 is 10.0 Å². The largest absolute Gasteiger partial charge is 0.265 e. The molecule has 1 heterocycles. The quantitative estimate of drug-likeness (QED) is 0.783. The first kappa shape index (κ1) is 12.6. The van der Waals surface area contributed by atoms with Gasteiger partial charge in [0.1, 0.15) is 6.04 Å². The van der Waals surface area contributed by atoms with Gasteiger partial charge in [-0.05, 0) is 24.6 Å². The summed E-state index contributed by atoms with van der Waals surface area (Å²) >= 11 is 0. The van der Waals surface area contributed by atoms with Crippen LogP contribution in [0.4, 0.5) is 0 Å². The molecule has 0 N–H and O–H groups in total. The lowest BCUT2D eigenvalue weighted by atomic mass is 10.1. The molecule has 1 unspecified atom stereocenters. The summed E-state index contributed by atoms with van der Waals surface area (Å²) in [5.41, 5.74) is 0.622. The number of nitrogens with zero attached hydrogens (tertiary/aromatic N) is 3. The molecule has 0 spiro atoms. The fourth-order valence-corrected chi connectivity index (χ4v) is 2.17. The van der Waals surface area contributed by atoms with Crippen LogP contribution < -0.4 is 0 Å². The van der Waals surface area contributed by atoms with E-state index in [0.29, 0.717) is 5.56 Å². The Labute approximate surface area is 95.4 Å². The molecule has 5 nitrogen and oxygen atoms in total. The molecule has 0 aromatic carbocycles. The minimum absolute atomic E-state index is 0.0211. The average molecular weight is 239 g/mol. The maximum Gasteiger partial charge on any atom is 0.215 e. The average Bonchev–Trinajstić information content (AvgIpc) is 2.31. The third kappa shape index (κ3) is 2.56. The van der Waals surface area contributed by atoms with Gasteiger partial charge in [0, 0.05) is 19.4 Å². The highest BCUT2D eigenvalue weighted by Gasteiger charge is 2.25. The van der Waals surface area contributed by atoms with Crippen molar-refractivity contribution in [2.45, 2.75) is 13.0 Å². The number of sulfonamides is 1. The third-order valence-corrected chi connectivity index (χ3v) is 4.13. The number of aromatic nitrogens is 1. The zero-order valence-electron chi connectivity index (χ0n) is 9.16. The van der Waals surface area contributed by atoms with E-state index >= 15 is 0 Å². The zero-order chi connectivity index (χ0) is 12.2. The predicted octanol–water partition coefficient (Wildman–Crippen LogP) is 0.928. The number of pyridine rings is 1. The molecule has 1 atom stereocenters. The number of hydrogen-bond acceptors (Lipinski definition) is 4. The maximum atomic E-state index is 11.6. The molecule has 0 aliphatic rings. The molecule has 0 aliphatic heterocycles. The summed E-state index contributed by atoms with van der Waals surface area (Å²) in [4.78, 5) is 3.83. The van der Waals surface area contributed by atoms with Crippen molar-refractivity contribution in [1.82, 2.24) is 9.29 Å². The second-order valence-corrected chi connectivity index (χ2v) is 5.55. The van der Waals surface area contributed by atoms with E-state index in [1.807, 2.05) is 6.07 Å². The monoisotopic (exact) mass is 239 g/mol. The van der Waals surface area contributed by atoms with Crippen LogP contribution in [0.3, 0.4) is 0 Å². The van der Waals surface area contributed by atoms with Crippen molar-refractivity contribution in [3.8, 4) is 6.07 Å². The highest BCUT2D eigenvalue weighted by atomic mass is 32.2. The predicted molar refractivity (Wildman–Crippen MR) is 59.8 cm³/mol. The highest BCUT2D eigenvalue weighted by Crippen LogP contribution is 2.20. The first-order valence-electron chi connectivity index (χ1n) is 4.78. The van der Waals surface area contributed by atoms with Gasteiger partial charge >= 0.3 is 0 Å². The van der Waals surface area contributed by atoms with Crippen LogP contribution >= 0.6 is 0 Å². The van der Waals surface area contributed by atoms with Gasteiger partial charge in [0.15, 0.2) is 0 Å². The Kier molecular flexibility index (Phi) is 3.99. The summed E-state index contributed by atoms with van der Waals surface area (Å²) in [6.45, 7) is 1.55. The Morgan fingerprint density at radius 2 is 2.06 bits per heavy atom. The summed E-state index contributed by atoms with van der Waals surface area (Å²) < 4.78 is 24.3. The lowest BCUT2D eigenvalue weighted by molar-refractivity contribution is 0.433. The van der Waals surface area contributed by atoms with E-state index in [-0.39, 0.29) is 5.75 Å². The third-order valence-electron chi connectivity index (χ3n) is 2.31. The van der Waals surface area contributed by atoms with Crippen molar-refractivity contribution < 1.29 is 8.42 Å². The smallest absolute Gasteiger partial charge is 0.215 e. The van der Waals surface area contributed by atoms with Crippen molar-refractivity contribution in [3.05, 3.63) is 30.1 Å². The van der Waals surface area contributed by atoms with Crippen molar-refractivity contribution in [2.75, 3.05) is 12.8 Å². The molecule has 86 valence electrons. The second kappa shape index (κ2) is 5.05. The second-order valence-electron chi connectivity index (χ2n) is 3.23. The minimum Gasteiger partial charge on any atom is -0.265 e. The Balaban J connectivity index is 3.07. The molecule has 0 saturated heterocycles. The van der Waals surface area contributed by atoms with E-state index in [0.717, 1.165) is 4.31 Å². The Bertz CT molecular complexity index is 479. The Hall–Kier alpha value is -1.45. The Morgan fingerprint density at radius 3 is 2.50 bits per heavy atom. The van der Waals surface area contributed by atoms with Crippen LogP contribution in [0.1, 0.15) is 18.5 Å². The molecule has 1 aromatic heterocycles. The van der Waals surface area contributed by atoms with Gasteiger partial charge in [0.05, 0.1) is 11.8 Å². The molecule has 0 fully saturated rings. The van der Waals surface area contributed by atoms with Gasteiger partial charge in [-0.1, -0.05) is 0 Å². The van der Waals surface area contributed by atoms with Crippen LogP contribution in [0.15, 0.2) is 24.5 Å². The number of nitriles is 1. The van der Waals surface area contributed by atoms with Crippen LogP contribution in [-0.4, -0.2) is 30.5 Å². The van der Waals surface area contributed by atoms with E-state index in [1.165, 1.54) is 19.4 Å². The Morgan fingerprint density at radius 1 is 1.50 bits per heavy atom. The van der Waals surface area contributed by atoms with Crippen LogP contribution in [0.5, 0.6) is 0 Å². The van der Waals surface area contributed by atoms with Gasteiger partial charge < -0.3 is 0 Å². The molecule has 0 aliphatic carbocycles. The first-order valence-corrected chi connectivity index (χ1v) is 6.39. The molecule has 0 amide bonds. The van der Waals surface area contributed by atoms with Gasteiger partial charge in [0.25, 0.3) is 0 Å². The van der Waals surface area contributed by atoms with Crippen molar-refractivity contribution in [1.29, 1.82) is 5.26 Å². The minimum atomic E-state index is -3.37. The van der Waals surface area contributed by atoms with Gasteiger partial charge in [-0.2, -0.15) is 9.57 Å². The molecule has 6 heteroatoms. The SMILES string of the molecule is CCS(=O)(=O)N(C)C(C#N)c1ccncc1. The maximum absolute atomic E-state index is 11.6. The van der Waals surface area contributed by atoms with Crippen molar-refractivity contribution in [3.63, 3.8) is 0 Å². The number of hydrogen-bond donors (Lipinski definition) is 0. The molecule has 16 heavy (non-hydrogen) atoms. The molecule has 0 bridgehead atoms. The van der Waals surface area contributed by atoms with Gasteiger partial charge in [-0.25, -0.2) is 8.42 Å². The standard InChI is InChI=1S/C10H13N3O2S/c1-3-16(14,15)13(2)10(8-11)9-4-6-12-7-5-9/h4-7,10H,3H2,1-2H3. The summed E-state index contributed by atoms with van der Waals surface area (Å²) in [5, 5.41) is 9.03. The van der Waals surface area contributed by atoms with E-state index in [4.69, 9.17) is 5.26 Å². The first-order chi connectivity index (χ1) is 7.53. The summed E-state index contributed by atoms with van der Waals surface area (Å²) in [5.74, 6) is -0.0211. The molecular weight excluding hydrogens is 226 g/mol. The molecule has 1 rings (SSSR count). The topological polar surface area (TPSA) is 74.1 Å². The summed E-state index contributed by atoms with van der Waals surface area (Å²) in [6, 6.07) is 4.45. The van der Waals surface area contributed by atoms with Gasteiger partial charge in [-0.15, -0.1) is 0 Å². The van der Waals surface area contributed by atoms with Crippen LogP contribution in [0, 0.1) is 11.3 Å². The number of rotatable bonds is 4. The fourth-order valence-electron chi connectivity index (χ4n) is 1.28. The highest BCUT2D eigenvalue weighted by molar-refractivity contribution is 7.89. The van der Waals surface area contributed by atoms with E-state index in [9.17, 15) is 8.42 Å². The van der Waals surface area contributed by atoms with E-state index < -0.39 is 16.1 Å². The lowest BCUT2D eigenvalue weighted by Gasteiger charge is -2.21. The summed E-state index contributed by atoms with van der Waals surface area (Å²) in [6.07, 6.45) is 3.07. The molecule has 0 radical (unpaired) electrons. The lowest BCUT2D eigenvalue weighted by Crippen LogP contribution is -2.31. The van der Waals surface area contributed by atoms with E-state index in [2.05, 4.69) is 4.98 Å².